The Kier molecular flexibility index (Phi) is 2.86. The van der Waals surface area contributed by atoms with Crippen LogP contribution in [-0.4, -0.2) is 28.1 Å². The highest BCUT2D eigenvalue weighted by Crippen LogP contribution is 2.31. The van der Waals surface area contributed by atoms with Crippen molar-refractivity contribution in [3.8, 4) is 0 Å². The normalized spacial score (nSPS) is 25.1. The molecule has 0 bridgehead atoms. The van der Waals surface area contributed by atoms with E-state index < -0.39 is 11.5 Å². The van der Waals surface area contributed by atoms with Gasteiger partial charge in [-0.3, -0.25) is 0 Å². The summed E-state index contributed by atoms with van der Waals surface area (Å²) in [6.45, 7) is 0. The molecule has 1 atom stereocenters. The van der Waals surface area contributed by atoms with Crippen molar-refractivity contribution in [2.45, 2.75) is 12.0 Å². The Morgan fingerprint density at radius 2 is 2.13 bits per heavy atom. The van der Waals surface area contributed by atoms with Crippen LogP contribution < -0.4 is 5.32 Å². The summed E-state index contributed by atoms with van der Waals surface area (Å²) in [5, 5.41) is 12.4. The quantitative estimate of drug-likeness (QED) is 0.823. The third-order valence-electron chi connectivity index (χ3n) is 2.59. The Bertz CT molecular complexity index is 347. The van der Waals surface area contributed by atoms with Gasteiger partial charge < -0.3 is 10.4 Å². The van der Waals surface area contributed by atoms with Gasteiger partial charge in [0.2, 0.25) is 0 Å². The van der Waals surface area contributed by atoms with Crippen molar-refractivity contribution < 1.29 is 9.90 Å². The summed E-state index contributed by atoms with van der Waals surface area (Å²) in [6, 6.07) is 9.52. The fraction of sp³-hybridized carbons (Fsp3) is 0.364. The minimum Gasteiger partial charge on any atom is -0.479 e. The number of benzene rings is 1. The standard InChI is InChI=1S/C11H13NO2S/c13-10(14)11(6-7-15-8-11)12-9-4-2-1-3-5-9/h1-5,12H,6-8H2,(H,13,14). The van der Waals surface area contributed by atoms with Crippen LogP contribution in [0.4, 0.5) is 5.69 Å². The first kappa shape index (κ1) is 10.4. The summed E-state index contributed by atoms with van der Waals surface area (Å²) in [5.74, 6) is 0.792. The number of hydrogen-bond donors (Lipinski definition) is 2. The topological polar surface area (TPSA) is 49.3 Å². The molecule has 1 aliphatic rings. The lowest BCUT2D eigenvalue weighted by molar-refractivity contribution is -0.141. The third-order valence-corrected chi connectivity index (χ3v) is 3.78. The molecule has 15 heavy (non-hydrogen) atoms. The zero-order valence-electron chi connectivity index (χ0n) is 8.27. The molecular formula is C11H13NO2S. The fourth-order valence-corrected chi connectivity index (χ4v) is 3.01. The highest BCUT2D eigenvalue weighted by Gasteiger charge is 2.41. The number of carboxylic acid groups (broad SMARTS) is 1. The Labute approximate surface area is 92.9 Å². The van der Waals surface area contributed by atoms with Crippen molar-refractivity contribution in [2.75, 3.05) is 16.8 Å². The van der Waals surface area contributed by atoms with E-state index in [0.717, 1.165) is 11.4 Å². The molecule has 0 amide bonds. The van der Waals surface area contributed by atoms with Crippen LogP contribution in [0, 0.1) is 0 Å². The Morgan fingerprint density at radius 3 is 2.67 bits per heavy atom. The molecule has 1 unspecified atom stereocenters. The average Bonchev–Trinajstić information content (AvgIpc) is 2.69. The maximum absolute atomic E-state index is 11.3. The number of anilines is 1. The van der Waals surface area contributed by atoms with E-state index in [-0.39, 0.29) is 0 Å². The molecule has 1 fully saturated rings. The van der Waals surface area contributed by atoms with Gasteiger partial charge in [-0.25, -0.2) is 4.79 Å². The highest BCUT2D eigenvalue weighted by atomic mass is 32.2. The predicted molar refractivity (Wildman–Crippen MR) is 62.4 cm³/mol. The van der Waals surface area contributed by atoms with Gasteiger partial charge in [-0.05, 0) is 24.3 Å². The zero-order valence-corrected chi connectivity index (χ0v) is 9.09. The maximum Gasteiger partial charge on any atom is 0.330 e. The van der Waals surface area contributed by atoms with Crippen LogP contribution in [-0.2, 0) is 4.79 Å². The molecule has 0 spiro atoms. The molecule has 1 aromatic rings. The van der Waals surface area contributed by atoms with Gasteiger partial charge in [0.15, 0.2) is 0 Å². The van der Waals surface area contributed by atoms with Crippen molar-refractivity contribution in [3.05, 3.63) is 30.3 Å². The smallest absolute Gasteiger partial charge is 0.330 e. The van der Waals surface area contributed by atoms with E-state index in [1.54, 1.807) is 11.8 Å². The van der Waals surface area contributed by atoms with Gasteiger partial charge in [0.25, 0.3) is 0 Å². The third kappa shape index (κ3) is 2.09. The van der Waals surface area contributed by atoms with Crippen LogP contribution in [0.3, 0.4) is 0 Å². The molecule has 1 aliphatic heterocycles. The SMILES string of the molecule is O=C(O)C1(Nc2ccccc2)CCSC1. The van der Waals surface area contributed by atoms with Gasteiger partial charge >= 0.3 is 5.97 Å². The number of rotatable bonds is 3. The van der Waals surface area contributed by atoms with Crippen LogP contribution in [0.5, 0.6) is 0 Å². The van der Waals surface area contributed by atoms with Crippen molar-refractivity contribution in [2.24, 2.45) is 0 Å². The number of nitrogens with one attached hydrogen (secondary N) is 1. The number of carbonyl (C=O) groups is 1. The van der Waals surface area contributed by atoms with Crippen LogP contribution in [0.1, 0.15) is 6.42 Å². The zero-order chi connectivity index (χ0) is 10.7. The lowest BCUT2D eigenvalue weighted by atomic mass is 9.99. The fourth-order valence-electron chi connectivity index (χ4n) is 1.68. The number of carboxylic acids is 1. The lowest BCUT2D eigenvalue weighted by Gasteiger charge is -2.25. The van der Waals surface area contributed by atoms with E-state index in [2.05, 4.69) is 5.32 Å². The molecule has 4 heteroatoms. The average molecular weight is 223 g/mol. The molecule has 0 saturated carbocycles. The van der Waals surface area contributed by atoms with Gasteiger partial charge in [-0.2, -0.15) is 11.8 Å². The molecular weight excluding hydrogens is 210 g/mol. The van der Waals surface area contributed by atoms with E-state index in [1.165, 1.54) is 0 Å². The molecule has 2 rings (SSSR count). The first-order chi connectivity index (χ1) is 7.23. The largest absolute Gasteiger partial charge is 0.479 e. The van der Waals surface area contributed by atoms with E-state index in [9.17, 15) is 9.90 Å². The lowest BCUT2D eigenvalue weighted by Crippen LogP contribution is -2.46. The van der Waals surface area contributed by atoms with E-state index in [0.29, 0.717) is 12.2 Å². The summed E-state index contributed by atoms with van der Waals surface area (Å²) in [5.41, 5.74) is 0.105. The minimum absolute atomic E-state index is 0.636. The Morgan fingerprint density at radius 1 is 1.40 bits per heavy atom. The monoisotopic (exact) mass is 223 g/mol. The number of para-hydroxylation sites is 1. The van der Waals surface area contributed by atoms with Crippen LogP contribution in [0.2, 0.25) is 0 Å². The Hall–Kier alpha value is -1.16. The first-order valence-electron chi connectivity index (χ1n) is 4.87. The molecule has 0 aliphatic carbocycles. The molecule has 0 radical (unpaired) electrons. The van der Waals surface area contributed by atoms with Crippen LogP contribution in [0.25, 0.3) is 0 Å². The summed E-state index contributed by atoms with van der Waals surface area (Å²) >= 11 is 1.69. The second-order valence-corrected chi connectivity index (χ2v) is 4.79. The van der Waals surface area contributed by atoms with Gasteiger partial charge in [0, 0.05) is 11.4 Å². The summed E-state index contributed by atoms with van der Waals surface area (Å²) in [6.07, 6.45) is 0.682. The van der Waals surface area contributed by atoms with Gasteiger partial charge in [0.1, 0.15) is 5.54 Å². The molecule has 1 saturated heterocycles. The van der Waals surface area contributed by atoms with Crippen LogP contribution >= 0.6 is 11.8 Å². The molecule has 3 nitrogen and oxygen atoms in total. The second kappa shape index (κ2) is 4.14. The van der Waals surface area contributed by atoms with Crippen molar-refractivity contribution in [3.63, 3.8) is 0 Å². The second-order valence-electron chi connectivity index (χ2n) is 3.68. The van der Waals surface area contributed by atoms with Crippen LogP contribution in [0.15, 0.2) is 30.3 Å². The van der Waals surface area contributed by atoms with E-state index in [4.69, 9.17) is 0 Å². The number of aliphatic carboxylic acids is 1. The molecule has 1 heterocycles. The summed E-state index contributed by atoms with van der Waals surface area (Å²) in [7, 11) is 0. The molecule has 80 valence electrons. The summed E-state index contributed by atoms with van der Waals surface area (Å²) in [4.78, 5) is 11.3. The number of thioether (sulfide) groups is 1. The molecule has 0 aromatic heterocycles. The number of hydrogen-bond acceptors (Lipinski definition) is 3. The predicted octanol–water partition coefficient (Wildman–Crippen LogP) is 2.06. The molecule has 2 N–H and O–H groups in total. The molecule has 1 aromatic carbocycles. The summed E-state index contributed by atoms with van der Waals surface area (Å²) < 4.78 is 0. The highest BCUT2D eigenvalue weighted by molar-refractivity contribution is 7.99. The minimum atomic E-state index is -0.772. The van der Waals surface area contributed by atoms with Crippen molar-refractivity contribution >= 4 is 23.4 Å². The Balaban J connectivity index is 2.18. The van der Waals surface area contributed by atoms with Gasteiger partial charge in [-0.1, -0.05) is 18.2 Å². The van der Waals surface area contributed by atoms with E-state index >= 15 is 0 Å². The van der Waals surface area contributed by atoms with E-state index in [1.807, 2.05) is 30.3 Å². The first-order valence-corrected chi connectivity index (χ1v) is 6.03. The van der Waals surface area contributed by atoms with Gasteiger partial charge in [-0.15, -0.1) is 0 Å². The van der Waals surface area contributed by atoms with Crippen molar-refractivity contribution in [1.29, 1.82) is 0 Å². The van der Waals surface area contributed by atoms with Crippen molar-refractivity contribution in [1.82, 2.24) is 0 Å². The van der Waals surface area contributed by atoms with Gasteiger partial charge in [0.05, 0.1) is 0 Å². The maximum atomic E-state index is 11.3.